The smallest absolute Gasteiger partial charge is 0.229 e. The predicted molar refractivity (Wildman–Crippen MR) is 102 cm³/mol. The second-order valence-electron chi connectivity index (χ2n) is 6.29. The zero-order chi connectivity index (χ0) is 18.3. The molecule has 6 nitrogen and oxygen atoms in total. The van der Waals surface area contributed by atoms with Gasteiger partial charge in [0.2, 0.25) is 11.8 Å². The summed E-state index contributed by atoms with van der Waals surface area (Å²) in [5.41, 5.74) is 2.83. The van der Waals surface area contributed by atoms with Crippen molar-refractivity contribution in [3.8, 4) is 0 Å². The predicted octanol–water partition coefficient (Wildman–Crippen LogP) is 3.89. The van der Waals surface area contributed by atoms with Gasteiger partial charge in [0.1, 0.15) is 5.52 Å². The van der Waals surface area contributed by atoms with Crippen molar-refractivity contribution in [2.75, 3.05) is 16.8 Å². The molecule has 0 aliphatic carbocycles. The van der Waals surface area contributed by atoms with Crippen LogP contribution in [0.2, 0.25) is 0 Å². The Labute approximate surface area is 158 Å². The normalized spacial score (nSPS) is 17.1. The Balaban J connectivity index is 1.50. The summed E-state index contributed by atoms with van der Waals surface area (Å²) in [5.74, 6) is -0.0282. The molecule has 0 bridgehead atoms. The molecule has 1 unspecified atom stereocenters. The van der Waals surface area contributed by atoms with E-state index in [1.165, 1.54) is 0 Å². The van der Waals surface area contributed by atoms with Crippen LogP contribution in [-0.4, -0.2) is 23.3 Å². The number of aryl methyl sites for hydroxylation is 1. The maximum atomic E-state index is 12.5. The fraction of sp³-hybridized carbons (Fsp3) is 0.211. The molecule has 1 aromatic heterocycles. The molecule has 0 spiro atoms. The van der Waals surface area contributed by atoms with E-state index < -0.39 is 0 Å². The lowest BCUT2D eigenvalue weighted by atomic mass is 10.1. The monoisotopic (exact) mass is 413 g/mol. The number of oxazole rings is 1. The van der Waals surface area contributed by atoms with Gasteiger partial charge in [0.25, 0.3) is 0 Å². The van der Waals surface area contributed by atoms with Gasteiger partial charge in [-0.1, -0.05) is 15.9 Å². The highest BCUT2D eigenvalue weighted by Gasteiger charge is 2.35. The summed E-state index contributed by atoms with van der Waals surface area (Å²) >= 11 is 3.36. The van der Waals surface area contributed by atoms with E-state index in [4.69, 9.17) is 4.42 Å². The topological polar surface area (TPSA) is 75.4 Å². The minimum atomic E-state index is -0.388. The molecule has 1 atom stereocenters. The lowest BCUT2D eigenvalue weighted by Gasteiger charge is -2.16. The molecule has 3 aromatic rings. The first-order chi connectivity index (χ1) is 12.5. The third kappa shape index (κ3) is 3.22. The quantitative estimate of drug-likeness (QED) is 0.706. The molecule has 0 saturated carbocycles. The average molecular weight is 414 g/mol. The first-order valence-corrected chi connectivity index (χ1v) is 9.03. The summed E-state index contributed by atoms with van der Waals surface area (Å²) in [6, 6.07) is 12.8. The van der Waals surface area contributed by atoms with Crippen LogP contribution in [-0.2, 0) is 9.59 Å². The molecule has 2 aromatic carbocycles. The Morgan fingerprint density at radius 2 is 2.04 bits per heavy atom. The number of hydrogen-bond acceptors (Lipinski definition) is 4. The summed E-state index contributed by atoms with van der Waals surface area (Å²) in [4.78, 5) is 30.9. The van der Waals surface area contributed by atoms with Gasteiger partial charge >= 0.3 is 0 Å². The Hall–Kier alpha value is -2.67. The van der Waals surface area contributed by atoms with Crippen molar-refractivity contribution in [3.05, 3.63) is 52.8 Å². The second-order valence-corrected chi connectivity index (χ2v) is 7.20. The Bertz CT molecular complexity index is 997. The fourth-order valence-corrected chi connectivity index (χ4v) is 3.37. The molecule has 132 valence electrons. The third-order valence-corrected chi connectivity index (χ3v) is 4.93. The third-order valence-electron chi connectivity index (χ3n) is 4.40. The minimum absolute atomic E-state index is 0.0690. The molecule has 2 heterocycles. The van der Waals surface area contributed by atoms with Gasteiger partial charge < -0.3 is 14.6 Å². The first-order valence-electron chi connectivity index (χ1n) is 8.23. The number of rotatable bonds is 3. The summed E-state index contributed by atoms with van der Waals surface area (Å²) in [5, 5.41) is 2.87. The molecule has 0 radical (unpaired) electrons. The molecule has 1 aliphatic heterocycles. The van der Waals surface area contributed by atoms with Crippen molar-refractivity contribution in [1.82, 2.24) is 4.98 Å². The maximum Gasteiger partial charge on any atom is 0.229 e. The number of anilines is 2. The highest BCUT2D eigenvalue weighted by molar-refractivity contribution is 9.10. The van der Waals surface area contributed by atoms with E-state index in [-0.39, 0.29) is 24.2 Å². The first kappa shape index (κ1) is 16.8. The molecule has 4 rings (SSSR count). The van der Waals surface area contributed by atoms with E-state index >= 15 is 0 Å². The molecular formula is C19H16BrN3O3. The lowest BCUT2D eigenvalue weighted by Crippen LogP contribution is -2.28. The number of benzene rings is 2. The van der Waals surface area contributed by atoms with Crippen molar-refractivity contribution < 1.29 is 14.0 Å². The van der Waals surface area contributed by atoms with E-state index in [1.54, 1.807) is 17.9 Å². The van der Waals surface area contributed by atoms with Gasteiger partial charge in [0, 0.05) is 35.7 Å². The van der Waals surface area contributed by atoms with Gasteiger partial charge in [-0.05, 0) is 42.5 Å². The van der Waals surface area contributed by atoms with Gasteiger partial charge in [-0.3, -0.25) is 9.59 Å². The van der Waals surface area contributed by atoms with E-state index in [0.29, 0.717) is 29.2 Å². The number of fused-ring (bicyclic) bond motifs is 1. The van der Waals surface area contributed by atoms with Crippen LogP contribution in [0.5, 0.6) is 0 Å². The van der Waals surface area contributed by atoms with Crippen LogP contribution in [0, 0.1) is 12.8 Å². The number of carbonyl (C=O) groups is 2. The van der Waals surface area contributed by atoms with Gasteiger partial charge in [-0.15, -0.1) is 0 Å². The van der Waals surface area contributed by atoms with Crippen molar-refractivity contribution >= 4 is 50.2 Å². The molecule has 1 saturated heterocycles. The van der Waals surface area contributed by atoms with Crippen LogP contribution in [0.3, 0.4) is 0 Å². The molecule has 1 aliphatic rings. The highest BCUT2D eigenvalue weighted by Crippen LogP contribution is 2.29. The number of amides is 2. The molecule has 1 fully saturated rings. The molecule has 7 heteroatoms. The van der Waals surface area contributed by atoms with Crippen molar-refractivity contribution in [3.63, 3.8) is 0 Å². The van der Waals surface area contributed by atoms with Crippen LogP contribution in [0.4, 0.5) is 11.4 Å². The zero-order valence-corrected chi connectivity index (χ0v) is 15.6. The van der Waals surface area contributed by atoms with E-state index in [2.05, 4.69) is 26.2 Å². The van der Waals surface area contributed by atoms with Crippen molar-refractivity contribution in [1.29, 1.82) is 0 Å². The number of halogens is 1. The fourth-order valence-electron chi connectivity index (χ4n) is 3.11. The summed E-state index contributed by atoms with van der Waals surface area (Å²) < 4.78 is 6.41. The maximum absolute atomic E-state index is 12.5. The Kier molecular flexibility index (Phi) is 4.24. The summed E-state index contributed by atoms with van der Waals surface area (Å²) in [6.07, 6.45) is 0.193. The summed E-state index contributed by atoms with van der Waals surface area (Å²) in [6.45, 7) is 2.13. The second kappa shape index (κ2) is 6.57. The van der Waals surface area contributed by atoms with Gasteiger partial charge in [0.15, 0.2) is 11.5 Å². The van der Waals surface area contributed by atoms with Crippen LogP contribution >= 0.6 is 15.9 Å². The number of nitrogens with zero attached hydrogens (tertiary/aromatic N) is 2. The molecule has 1 N–H and O–H groups in total. The molecule has 2 amide bonds. The van der Waals surface area contributed by atoms with Crippen molar-refractivity contribution in [2.24, 2.45) is 5.92 Å². The van der Waals surface area contributed by atoms with Crippen molar-refractivity contribution in [2.45, 2.75) is 13.3 Å². The highest BCUT2D eigenvalue weighted by atomic mass is 79.9. The van der Waals surface area contributed by atoms with Crippen LogP contribution in [0.25, 0.3) is 11.1 Å². The standard InChI is InChI=1S/C19H16BrN3O3/c1-11-21-16-9-15(6-7-17(16)26-11)23-10-12(8-18(23)24)19(25)22-14-4-2-13(20)3-5-14/h2-7,9,12H,8,10H2,1H3,(H,22,25). The number of nitrogens with one attached hydrogen (secondary N) is 1. The lowest BCUT2D eigenvalue weighted by molar-refractivity contribution is -0.122. The summed E-state index contributed by atoms with van der Waals surface area (Å²) in [7, 11) is 0. The van der Waals surface area contributed by atoms with E-state index in [0.717, 1.165) is 10.2 Å². The Morgan fingerprint density at radius 1 is 1.27 bits per heavy atom. The average Bonchev–Trinajstić information content (AvgIpc) is 3.18. The molecular weight excluding hydrogens is 398 g/mol. The largest absolute Gasteiger partial charge is 0.441 e. The van der Waals surface area contributed by atoms with E-state index in [1.807, 2.05) is 36.4 Å². The van der Waals surface area contributed by atoms with Gasteiger partial charge in [-0.25, -0.2) is 4.98 Å². The number of carbonyl (C=O) groups excluding carboxylic acids is 2. The van der Waals surface area contributed by atoms with Gasteiger partial charge in [0.05, 0.1) is 5.92 Å². The number of hydrogen-bond donors (Lipinski definition) is 1. The van der Waals surface area contributed by atoms with Crippen LogP contribution in [0.15, 0.2) is 51.4 Å². The SMILES string of the molecule is Cc1nc2cc(N3CC(C(=O)Nc4ccc(Br)cc4)CC3=O)ccc2o1. The minimum Gasteiger partial charge on any atom is -0.441 e. The van der Waals surface area contributed by atoms with Crippen LogP contribution in [0.1, 0.15) is 12.3 Å². The Morgan fingerprint density at radius 3 is 2.81 bits per heavy atom. The van der Waals surface area contributed by atoms with Crippen LogP contribution < -0.4 is 10.2 Å². The van der Waals surface area contributed by atoms with E-state index in [9.17, 15) is 9.59 Å². The van der Waals surface area contributed by atoms with Gasteiger partial charge in [-0.2, -0.15) is 0 Å². The zero-order valence-electron chi connectivity index (χ0n) is 14.0. The molecule has 26 heavy (non-hydrogen) atoms. The number of aromatic nitrogens is 1.